The molecule has 1 aromatic heterocycles. The second kappa shape index (κ2) is 13.2. The first-order chi connectivity index (χ1) is 20.4. The molecule has 0 bridgehead atoms. The number of nitrogens with one attached hydrogen (secondary N) is 1. The van der Waals surface area contributed by atoms with Crippen LogP contribution in [0.25, 0.3) is 0 Å². The molecule has 3 aromatic rings. The minimum Gasteiger partial charge on any atom is -0.483 e. The van der Waals surface area contributed by atoms with E-state index in [-0.39, 0.29) is 30.3 Å². The Hall–Kier alpha value is -3.78. The summed E-state index contributed by atoms with van der Waals surface area (Å²) >= 11 is 0. The predicted octanol–water partition coefficient (Wildman–Crippen LogP) is 5.16. The smallest absolute Gasteiger partial charge is 0.416 e. The van der Waals surface area contributed by atoms with Crippen LogP contribution in [0.15, 0.2) is 59.9 Å². The summed E-state index contributed by atoms with van der Waals surface area (Å²) in [6.07, 6.45) is 1.62. The van der Waals surface area contributed by atoms with E-state index in [1.807, 2.05) is 14.1 Å². The number of hydrogen-bond donors (Lipinski definition) is 2. The largest absolute Gasteiger partial charge is 0.483 e. The Morgan fingerprint density at radius 2 is 1.88 bits per heavy atom. The summed E-state index contributed by atoms with van der Waals surface area (Å²) in [6.45, 7) is 0.432. The fourth-order valence-corrected chi connectivity index (χ4v) is 7.15. The number of likely N-dealkylation sites (N-methyl/N-ethyl adjacent to an activating group) is 1. The molecular weight excluding hydrogens is 590 g/mol. The molecule has 0 radical (unpaired) electrons. The maximum Gasteiger partial charge on any atom is 0.416 e. The fourth-order valence-electron chi connectivity index (χ4n) is 6.03. The molecule has 2 aliphatic rings. The van der Waals surface area contributed by atoms with E-state index in [1.165, 1.54) is 42.9 Å². The van der Waals surface area contributed by atoms with Crippen LogP contribution in [0.5, 0.6) is 0 Å². The molecule has 1 aliphatic heterocycles. The van der Waals surface area contributed by atoms with Crippen molar-refractivity contribution in [3.8, 4) is 0 Å². The molecule has 14 heteroatoms. The van der Waals surface area contributed by atoms with E-state index in [1.54, 1.807) is 6.07 Å². The highest BCUT2D eigenvalue weighted by atomic mass is 32.2. The van der Waals surface area contributed by atoms with Gasteiger partial charge in [0.05, 0.1) is 5.56 Å². The number of fused-ring (bicyclic) bond motifs is 1. The molecule has 0 spiro atoms. The molecule has 0 amide bonds. The molecule has 5 rings (SSSR count). The molecule has 0 saturated heterocycles. The molecule has 43 heavy (non-hydrogen) atoms. The lowest BCUT2D eigenvalue weighted by atomic mass is 9.77. The minimum absolute atomic E-state index is 0.00269. The van der Waals surface area contributed by atoms with Crippen molar-refractivity contribution in [1.82, 2.24) is 14.9 Å². The average Bonchev–Trinajstić information content (AvgIpc) is 2.96. The number of rotatable bonds is 6. The van der Waals surface area contributed by atoms with Crippen molar-refractivity contribution in [1.29, 1.82) is 0 Å². The van der Waals surface area contributed by atoms with Crippen LogP contribution < -0.4 is 9.62 Å². The highest BCUT2D eigenvalue weighted by Crippen LogP contribution is 2.42. The maximum absolute atomic E-state index is 15.4. The second-order valence-corrected chi connectivity index (χ2v) is 12.4. The van der Waals surface area contributed by atoms with Gasteiger partial charge in [0.2, 0.25) is 0 Å². The number of alkyl halides is 3. The van der Waals surface area contributed by atoms with Gasteiger partial charge < -0.3 is 14.9 Å². The molecule has 9 nitrogen and oxygen atoms in total. The molecule has 1 aliphatic carbocycles. The van der Waals surface area contributed by atoms with Crippen LogP contribution >= 0.6 is 0 Å². The Labute approximate surface area is 247 Å². The fraction of sp³-hybridized carbons (Fsp3) is 0.414. The monoisotopic (exact) mass is 623 g/mol. The summed E-state index contributed by atoms with van der Waals surface area (Å²) in [6, 6.07) is 9.65. The standard InChI is InChI=1S/C28H31F4N5O2S.CH2O2/c1-36(2)25-14-19(18-5-3-7-21(13-18)28(30,31)32)8-9-23(25)37-12-4-6-20-15-26(22(29)16-24(20)37)40(38,39)35-27-10-11-33-17-34-27;2-1-3/h3,5,7,10-11,13,15-17,19,23,25H,4,6,8-9,12,14H2,1-2H3,(H,33,34,35);1H,(H,2,3)/t19-,23-,25-;/m0./s1. The average molecular weight is 624 g/mol. The summed E-state index contributed by atoms with van der Waals surface area (Å²) in [5, 5.41) is 6.89. The number of anilines is 2. The van der Waals surface area contributed by atoms with Crippen molar-refractivity contribution < 1.29 is 35.9 Å². The van der Waals surface area contributed by atoms with Gasteiger partial charge in [0.25, 0.3) is 16.5 Å². The zero-order valence-corrected chi connectivity index (χ0v) is 24.4. The van der Waals surface area contributed by atoms with Crippen LogP contribution in [0, 0.1) is 5.82 Å². The van der Waals surface area contributed by atoms with Crippen LogP contribution in [0.3, 0.4) is 0 Å². The number of aryl methyl sites for hydroxylation is 1. The van der Waals surface area contributed by atoms with Gasteiger partial charge in [0.15, 0.2) is 0 Å². The topological polar surface area (TPSA) is 116 Å². The first-order valence-corrected chi connectivity index (χ1v) is 15.1. The molecule has 1 saturated carbocycles. The molecular formula is C29H33F4N5O4S. The first-order valence-electron chi connectivity index (χ1n) is 13.6. The lowest BCUT2D eigenvalue weighted by Crippen LogP contribution is -2.54. The summed E-state index contributed by atoms with van der Waals surface area (Å²) in [4.78, 5) is 19.8. The van der Waals surface area contributed by atoms with E-state index in [0.717, 1.165) is 18.1 Å². The number of nitrogens with zero attached hydrogens (tertiary/aromatic N) is 4. The highest BCUT2D eigenvalue weighted by molar-refractivity contribution is 7.92. The summed E-state index contributed by atoms with van der Waals surface area (Å²) in [7, 11) is -0.317. The molecule has 2 heterocycles. The Morgan fingerprint density at radius 1 is 1.14 bits per heavy atom. The summed E-state index contributed by atoms with van der Waals surface area (Å²) in [5.41, 5.74) is 1.44. The van der Waals surface area contributed by atoms with Gasteiger partial charge in [-0.3, -0.25) is 9.52 Å². The minimum atomic E-state index is -4.40. The number of carboxylic acid groups (broad SMARTS) is 1. The van der Waals surface area contributed by atoms with E-state index in [0.29, 0.717) is 43.5 Å². The normalized spacial score (nSPS) is 20.5. The van der Waals surface area contributed by atoms with Crippen LogP contribution in [-0.2, 0) is 27.4 Å². The number of sulfonamides is 1. The van der Waals surface area contributed by atoms with Crippen LogP contribution in [0.4, 0.5) is 29.1 Å². The maximum atomic E-state index is 15.4. The van der Waals surface area contributed by atoms with Crippen LogP contribution in [0.2, 0.25) is 0 Å². The summed E-state index contributed by atoms with van der Waals surface area (Å²) < 4.78 is 83.7. The van der Waals surface area contributed by atoms with Gasteiger partial charge in [-0.15, -0.1) is 0 Å². The predicted molar refractivity (Wildman–Crippen MR) is 153 cm³/mol. The van der Waals surface area contributed by atoms with Crippen molar-refractivity contribution in [2.45, 2.75) is 61.2 Å². The molecule has 2 aromatic carbocycles. The van der Waals surface area contributed by atoms with E-state index < -0.39 is 32.5 Å². The van der Waals surface area contributed by atoms with Crippen molar-refractivity contribution >= 4 is 28.0 Å². The number of aromatic nitrogens is 2. The lowest BCUT2D eigenvalue weighted by molar-refractivity contribution is -0.137. The third-order valence-corrected chi connectivity index (χ3v) is 9.30. The van der Waals surface area contributed by atoms with E-state index in [9.17, 15) is 21.6 Å². The van der Waals surface area contributed by atoms with Gasteiger partial charge in [-0.05, 0) is 87.5 Å². The highest BCUT2D eigenvalue weighted by Gasteiger charge is 2.39. The van der Waals surface area contributed by atoms with Crippen molar-refractivity contribution in [2.75, 3.05) is 30.3 Å². The third-order valence-electron chi connectivity index (χ3n) is 7.93. The van der Waals surface area contributed by atoms with Crippen LogP contribution in [-0.4, -0.2) is 67.6 Å². The second-order valence-electron chi connectivity index (χ2n) is 10.7. The molecule has 0 unspecified atom stereocenters. The van der Waals surface area contributed by atoms with Gasteiger partial charge in [0.1, 0.15) is 22.9 Å². The van der Waals surface area contributed by atoms with Crippen molar-refractivity contribution in [2.24, 2.45) is 0 Å². The van der Waals surface area contributed by atoms with E-state index in [2.05, 4.69) is 24.5 Å². The number of halogens is 4. The lowest BCUT2D eigenvalue weighted by Gasteiger charge is -2.48. The number of hydrogen-bond acceptors (Lipinski definition) is 7. The van der Waals surface area contributed by atoms with E-state index >= 15 is 4.39 Å². The zero-order chi connectivity index (χ0) is 31.4. The summed E-state index contributed by atoms with van der Waals surface area (Å²) in [5.74, 6) is -0.848. The molecule has 3 atom stereocenters. The van der Waals surface area contributed by atoms with Gasteiger partial charge in [-0.1, -0.05) is 18.2 Å². The Morgan fingerprint density at radius 3 is 2.53 bits per heavy atom. The molecule has 1 fully saturated rings. The van der Waals surface area contributed by atoms with Gasteiger partial charge >= 0.3 is 6.18 Å². The zero-order valence-electron chi connectivity index (χ0n) is 23.6. The molecule has 232 valence electrons. The van der Waals surface area contributed by atoms with Gasteiger partial charge in [-0.25, -0.2) is 22.8 Å². The Kier molecular flexibility index (Phi) is 9.90. The SMILES string of the molecule is CN(C)[C@H]1C[C@@H](c2cccc(C(F)(F)F)c2)CC[C@@H]1N1CCCc2cc(S(=O)(=O)Nc3ccncn3)c(F)cc21.O=CO. The van der Waals surface area contributed by atoms with Crippen LogP contribution in [0.1, 0.15) is 48.3 Å². The quantitative estimate of drug-likeness (QED) is 0.286. The number of carbonyl (C=O) groups is 1. The Balaban J connectivity index is 0.00000135. The molecule has 2 N–H and O–H groups in total. The van der Waals surface area contributed by atoms with Gasteiger partial charge in [0, 0.05) is 30.5 Å². The van der Waals surface area contributed by atoms with Crippen molar-refractivity contribution in [3.05, 3.63) is 77.5 Å². The van der Waals surface area contributed by atoms with Gasteiger partial charge in [-0.2, -0.15) is 13.2 Å². The third kappa shape index (κ3) is 7.42. The first kappa shape index (κ1) is 32.1. The van der Waals surface area contributed by atoms with E-state index in [4.69, 9.17) is 9.90 Å². The number of benzene rings is 2. The van der Waals surface area contributed by atoms with Crippen molar-refractivity contribution in [3.63, 3.8) is 0 Å². The Bertz CT molecular complexity index is 1520.